The molecular weight excluding hydrogens is 296 g/mol. The maximum absolute atomic E-state index is 12.3. The van der Waals surface area contributed by atoms with Crippen molar-refractivity contribution in [2.24, 2.45) is 0 Å². The van der Waals surface area contributed by atoms with Crippen LogP contribution in [0.3, 0.4) is 0 Å². The Morgan fingerprint density at radius 3 is 2.91 bits per heavy atom. The summed E-state index contributed by atoms with van der Waals surface area (Å²) >= 11 is 0. The Labute approximate surface area is 132 Å². The van der Waals surface area contributed by atoms with Crippen LogP contribution in [-0.2, 0) is 9.59 Å². The SMILES string of the molecule is O=C(CC1C(=O)Nc2ccccc21)Nc1ccc2c(c1)OCO2. The molecule has 0 aromatic heterocycles. The first-order chi connectivity index (χ1) is 11.2. The first-order valence-corrected chi connectivity index (χ1v) is 7.30. The van der Waals surface area contributed by atoms with E-state index in [1.165, 1.54) is 0 Å². The molecule has 2 aliphatic heterocycles. The zero-order valence-electron chi connectivity index (χ0n) is 12.2. The third-order valence-electron chi connectivity index (χ3n) is 3.96. The number of hydrogen-bond donors (Lipinski definition) is 2. The maximum atomic E-state index is 12.3. The maximum Gasteiger partial charge on any atom is 0.232 e. The highest BCUT2D eigenvalue weighted by Crippen LogP contribution is 2.36. The minimum Gasteiger partial charge on any atom is -0.454 e. The number of anilines is 2. The number of nitrogens with one attached hydrogen (secondary N) is 2. The zero-order valence-corrected chi connectivity index (χ0v) is 12.2. The Morgan fingerprint density at radius 2 is 2.00 bits per heavy atom. The molecule has 0 spiro atoms. The van der Waals surface area contributed by atoms with E-state index in [4.69, 9.17) is 9.47 Å². The van der Waals surface area contributed by atoms with Gasteiger partial charge in [-0.2, -0.15) is 0 Å². The molecule has 2 N–H and O–H groups in total. The number of carbonyl (C=O) groups excluding carboxylic acids is 2. The molecule has 0 bridgehead atoms. The van der Waals surface area contributed by atoms with Crippen LogP contribution in [-0.4, -0.2) is 18.6 Å². The molecule has 0 radical (unpaired) electrons. The Kier molecular flexibility index (Phi) is 3.15. The summed E-state index contributed by atoms with van der Waals surface area (Å²) in [6.45, 7) is 0.186. The van der Waals surface area contributed by atoms with Gasteiger partial charge in [0.2, 0.25) is 18.6 Å². The predicted molar refractivity (Wildman–Crippen MR) is 83.6 cm³/mol. The molecule has 2 aromatic carbocycles. The van der Waals surface area contributed by atoms with Crippen LogP contribution in [0.4, 0.5) is 11.4 Å². The third kappa shape index (κ3) is 2.48. The van der Waals surface area contributed by atoms with Gasteiger partial charge in [0.25, 0.3) is 0 Å². The van der Waals surface area contributed by atoms with E-state index in [0.717, 1.165) is 11.3 Å². The number of amides is 2. The van der Waals surface area contributed by atoms with E-state index < -0.39 is 5.92 Å². The second-order valence-corrected chi connectivity index (χ2v) is 5.45. The van der Waals surface area contributed by atoms with Crippen molar-refractivity contribution >= 4 is 23.2 Å². The summed E-state index contributed by atoms with van der Waals surface area (Å²) in [5.41, 5.74) is 2.25. The molecule has 6 heteroatoms. The van der Waals surface area contributed by atoms with Gasteiger partial charge in [-0.05, 0) is 23.8 Å². The summed E-state index contributed by atoms with van der Waals surface area (Å²) in [6.07, 6.45) is 0.0945. The second-order valence-electron chi connectivity index (χ2n) is 5.45. The Morgan fingerprint density at radius 1 is 1.17 bits per heavy atom. The fourth-order valence-corrected chi connectivity index (χ4v) is 2.85. The molecule has 116 valence electrons. The zero-order chi connectivity index (χ0) is 15.8. The van der Waals surface area contributed by atoms with Gasteiger partial charge in [0.15, 0.2) is 11.5 Å². The van der Waals surface area contributed by atoms with Crippen LogP contribution in [0.15, 0.2) is 42.5 Å². The lowest BCUT2D eigenvalue weighted by atomic mass is 9.97. The number of hydrogen-bond acceptors (Lipinski definition) is 4. The number of para-hydroxylation sites is 1. The van der Waals surface area contributed by atoms with Crippen molar-refractivity contribution in [1.82, 2.24) is 0 Å². The van der Waals surface area contributed by atoms with Crippen molar-refractivity contribution < 1.29 is 19.1 Å². The van der Waals surface area contributed by atoms with E-state index in [2.05, 4.69) is 10.6 Å². The first kappa shape index (κ1) is 13.6. The standard InChI is InChI=1S/C17H14N2O4/c20-16(18-10-5-6-14-15(7-10)23-9-22-14)8-12-11-3-1-2-4-13(11)19-17(12)21/h1-7,12H,8-9H2,(H,18,20)(H,19,21). The van der Waals surface area contributed by atoms with E-state index >= 15 is 0 Å². The van der Waals surface area contributed by atoms with Crippen LogP contribution in [0, 0.1) is 0 Å². The average molecular weight is 310 g/mol. The molecule has 0 aliphatic carbocycles. The molecule has 2 amide bonds. The minimum absolute atomic E-state index is 0.0945. The molecule has 0 saturated heterocycles. The molecule has 0 fully saturated rings. The highest BCUT2D eigenvalue weighted by Gasteiger charge is 2.31. The van der Waals surface area contributed by atoms with Crippen LogP contribution in [0.5, 0.6) is 11.5 Å². The van der Waals surface area contributed by atoms with Gasteiger partial charge in [0.1, 0.15) is 0 Å². The van der Waals surface area contributed by atoms with Crippen molar-refractivity contribution in [2.45, 2.75) is 12.3 Å². The van der Waals surface area contributed by atoms with Gasteiger partial charge in [0, 0.05) is 23.9 Å². The smallest absolute Gasteiger partial charge is 0.232 e. The largest absolute Gasteiger partial charge is 0.454 e. The van der Waals surface area contributed by atoms with Gasteiger partial charge < -0.3 is 20.1 Å². The van der Waals surface area contributed by atoms with Crippen LogP contribution in [0.1, 0.15) is 17.9 Å². The Hall–Kier alpha value is -3.02. The normalized spacial score (nSPS) is 17.6. The number of benzene rings is 2. The number of carbonyl (C=O) groups is 2. The summed E-state index contributed by atoms with van der Waals surface area (Å²) in [6, 6.07) is 12.6. The topological polar surface area (TPSA) is 76.7 Å². The molecular formula is C17H14N2O4. The van der Waals surface area contributed by atoms with Crippen LogP contribution in [0.2, 0.25) is 0 Å². The van der Waals surface area contributed by atoms with Crippen LogP contribution < -0.4 is 20.1 Å². The van der Waals surface area contributed by atoms with E-state index in [9.17, 15) is 9.59 Å². The third-order valence-corrected chi connectivity index (χ3v) is 3.96. The second kappa shape index (κ2) is 5.31. The van der Waals surface area contributed by atoms with Crippen LogP contribution in [0.25, 0.3) is 0 Å². The lowest BCUT2D eigenvalue weighted by molar-refractivity contribution is -0.122. The lowest BCUT2D eigenvalue weighted by Gasteiger charge is -2.10. The number of rotatable bonds is 3. The number of fused-ring (bicyclic) bond motifs is 2. The van der Waals surface area contributed by atoms with Crippen molar-refractivity contribution in [3.05, 3.63) is 48.0 Å². The quantitative estimate of drug-likeness (QED) is 0.913. The van der Waals surface area contributed by atoms with E-state index in [1.807, 2.05) is 24.3 Å². The van der Waals surface area contributed by atoms with Crippen LogP contribution >= 0.6 is 0 Å². The van der Waals surface area contributed by atoms with Crippen molar-refractivity contribution in [3.8, 4) is 11.5 Å². The van der Waals surface area contributed by atoms with Gasteiger partial charge in [-0.25, -0.2) is 0 Å². The Balaban J connectivity index is 1.47. The molecule has 1 atom stereocenters. The lowest BCUT2D eigenvalue weighted by Crippen LogP contribution is -2.20. The molecule has 0 saturated carbocycles. The summed E-state index contributed by atoms with van der Waals surface area (Å²) < 4.78 is 10.5. The molecule has 2 aromatic rings. The molecule has 1 unspecified atom stereocenters. The summed E-state index contributed by atoms with van der Waals surface area (Å²) in [7, 11) is 0. The van der Waals surface area contributed by atoms with Crippen molar-refractivity contribution in [1.29, 1.82) is 0 Å². The van der Waals surface area contributed by atoms with Gasteiger partial charge in [0.05, 0.1) is 5.92 Å². The fourth-order valence-electron chi connectivity index (χ4n) is 2.85. The molecule has 23 heavy (non-hydrogen) atoms. The van der Waals surface area contributed by atoms with Gasteiger partial charge in [-0.1, -0.05) is 18.2 Å². The number of ether oxygens (including phenoxy) is 2. The molecule has 2 heterocycles. The van der Waals surface area contributed by atoms with Gasteiger partial charge in [-0.15, -0.1) is 0 Å². The van der Waals surface area contributed by atoms with E-state index in [1.54, 1.807) is 18.2 Å². The summed E-state index contributed by atoms with van der Waals surface area (Å²) in [4.78, 5) is 24.3. The highest BCUT2D eigenvalue weighted by atomic mass is 16.7. The minimum atomic E-state index is -0.458. The average Bonchev–Trinajstić information content (AvgIpc) is 3.12. The molecule has 2 aliphatic rings. The monoisotopic (exact) mass is 310 g/mol. The first-order valence-electron chi connectivity index (χ1n) is 7.30. The fraction of sp³-hybridized carbons (Fsp3) is 0.176. The summed E-state index contributed by atoms with van der Waals surface area (Å²) in [5.74, 6) is 0.437. The van der Waals surface area contributed by atoms with Gasteiger partial charge in [-0.3, -0.25) is 9.59 Å². The highest BCUT2D eigenvalue weighted by molar-refractivity contribution is 6.06. The van der Waals surface area contributed by atoms with Gasteiger partial charge >= 0.3 is 0 Å². The predicted octanol–water partition coefficient (Wildman–Crippen LogP) is 2.48. The molecule has 4 rings (SSSR count). The molecule has 6 nitrogen and oxygen atoms in total. The van der Waals surface area contributed by atoms with E-state index in [-0.39, 0.29) is 25.0 Å². The Bertz CT molecular complexity index is 803. The summed E-state index contributed by atoms with van der Waals surface area (Å²) in [5, 5.41) is 5.59. The van der Waals surface area contributed by atoms with Crippen molar-refractivity contribution in [2.75, 3.05) is 17.4 Å². The van der Waals surface area contributed by atoms with E-state index in [0.29, 0.717) is 17.2 Å². The van der Waals surface area contributed by atoms with Crippen molar-refractivity contribution in [3.63, 3.8) is 0 Å².